The van der Waals surface area contributed by atoms with Crippen molar-refractivity contribution in [2.45, 2.75) is 31.6 Å². The molecule has 1 rings (SSSR count). The molecule has 0 aromatic heterocycles. The lowest BCUT2D eigenvalue weighted by molar-refractivity contribution is 0.0695. The Morgan fingerprint density at radius 3 is 2.62 bits per heavy atom. The number of carboxylic acids is 1. The molecule has 0 heterocycles. The number of hydrogen-bond donors (Lipinski definition) is 2. The van der Waals surface area contributed by atoms with Gasteiger partial charge in [0.1, 0.15) is 0 Å². The third-order valence-corrected chi connectivity index (χ3v) is 4.42. The van der Waals surface area contributed by atoms with E-state index in [1.165, 1.54) is 18.2 Å². The molecule has 2 N–H and O–H groups in total. The van der Waals surface area contributed by atoms with Crippen LogP contribution in [0.5, 0.6) is 0 Å². The summed E-state index contributed by atoms with van der Waals surface area (Å²) >= 11 is 0. The lowest BCUT2D eigenvalue weighted by Crippen LogP contribution is -2.26. The molecule has 0 amide bonds. The Bertz CT molecular complexity index is 583. The van der Waals surface area contributed by atoms with Crippen LogP contribution in [0.1, 0.15) is 36.2 Å². The normalized spacial score (nSPS) is 11.5. The number of aromatic carboxylic acids is 1. The van der Waals surface area contributed by atoms with E-state index >= 15 is 0 Å². The molecule has 0 spiro atoms. The molecule has 0 aliphatic carbocycles. The molecular formula is C14H21NO5S. The van der Waals surface area contributed by atoms with Crippen LogP contribution in [0.25, 0.3) is 0 Å². The van der Waals surface area contributed by atoms with Crippen LogP contribution in [0, 0.1) is 0 Å². The number of hydrogen-bond acceptors (Lipinski definition) is 4. The molecule has 0 saturated heterocycles. The quantitative estimate of drug-likeness (QED) is 0.676. The molecule has 0 aliphatic heterocycles. The lowest BCUT2D eigenvalue weighted by atomic mass is 10.1. The zero-order valence-electron chi connectivity index (χ0n) is 12.3. The first-order chi connectivity index (χ1) is 9.92. The number of carboxylic acid groups (broad SMARTS) is 1. The van der Waals surface area contributed by atoms with E-state index in [0.29, 0.717) is 31.6 Å². The lowest BCUT2D eigenvalue weighted by Gasteiger charge is -2.09. The molecule has 0 saturated carbocycles. The van der Waals surface area contributed by atoms with Crippen molar-refractivity contribution in [3.05, 3.63) is 29.3 Å². The summed E-state index contributed by atoms with van der Waals surface area (Å²) in [5, 5.41) is 9.13. The first kappa shape index (κ1) is 17.6. The minimum Gasteiger partial charge on any atom is -0.478 e. The maximum Gasteiger partial charge on any atom is 0.336 e. The van der Waals surface area contributed by atoms with Gasteiger partial charge in [-0.1, -0.05) is 13.0 Å². The Labute approximate surface area is 125 Å². The van der Waals surface area contributed by atoms with Crippen molar-refractivity contribution >= 4 is 16.0 Å². The van der Waals surface area contributed by atoms with Crippen molar-refractivity contribution in [3.8, 4) is 0 Å². The van der Waals surface area contributed by atoms with Gasteiger partial charge >= 0.3 is 5.97 Å². The number of carbonyl (C=O) groups is 1. The van der Waals surface area contributed by atoms with Crippen LogP contribution in [0.2, 0.25) is 0 Å². The third-order valence-electron chi connectivity index (χ3n) is 2.96. The maximum absolute atomic E-state index is 12.1. The van der Waals surface area contributed by atoms with E-state index in [4.69, 9.17) is 9.84 Å². The summed E-state index contributed by atoms with van der Waals surface area (Å²) in [7, 11) is -3.70. The van der Waals surface area contributed by atoms with Crippen molar-refractivity contribution < 1.29 is 23.1 Å². The van der Waals surface area contributed by atoms with Gasteiger partial charge < -0.3 is 9.84 Å². The SMILES string of the molecule is CCOCCCNS(=O)(=O)c1ccc(CC)c(C(=O)O)c1. The smallest absolute Gasteiger partial charge is 0.336 e. The van der Waals surface area contributed by atoms with E-state index in [0.717, 1.165) is 0 Å². The van der Waals surface area contributed by atoms with Crippen LogP contribution >= 0.6 is 0 Å². The summed E-state index contributed by atoms with van der Waals surface area (Å²) in [5.41, 5.74) is 0.632. The maximum atomic E-state index is 12.1. The van der Waals surface area contributed by atoms with Gasteiger partial charge in [0.15, 0.2) is 0 Å². The van der Waals surface area contributed by atoms with Gasteiger partial charge in [-0.05, 0) is 37.5 Å². The van der Waals surface area contributed by atoms with Crippen molar-refractivity contribution in [3.63, 3.8) is 0 Å². The van der Waals surface area contributed by atoms with Crippen LogP contribution in [-0.2, 0) is 21.2 Å². The fraction of sp³-hybridized carbons (Fsp3) is 0.500. The topological polar surface area (TPSA) is 92.7 Å². The zero-order chi connectivity index (χ0) is 15.9. The Morgan fingerprint density at radius 2 is 2.05 bits per heavy atom. The van der Waals surface area contributed by atoms with Crippen molar-refractivity contribution in [1.29, 1.82) is 0 Å². The molecule has 0 unspecified atom stereocenters. The molecule has 21 heavy (non-hydrogen) atoms. The minimum absolute atomic E-state index is 0.0229. The first-order valence-electron chi connectivity index (χ1n) is 6.86. The molecule has 118 valence electrons. The number of aryl methyl sites for hydroxylation is 1. The Hall–Kier alpha value is -1.44. The van der Waals surface area contributed by atoms with E-state index in [1.807, 2.05) is 13.8 Å². The van der Waals surface area contributed by atoms with Gasteiger partial charge in [-0.2, -0.15) is 0 Å². The molecule has 0 bridgehead atoms. The van der Waals surface area contributed by atoms with E-state index in [-0.39, 0.29) is 17.0 Å². The standard InChI is InChI=1S/C14H21NO5S/c1-3-11-6-7-12(10-13(11)14(16)17)21(18,19)15-8-5-9-20-4-2/h6-7,10,15H,3-5,8-9H2,1-2H3,(H,16,17). The summed E-state index contributed by atoms with van der Waals surface area (Å²) in [6, 6.07) is 4.17. The van der Waals surface area contributed by atoms with Crippen molar-refractivity contribution in [2.75, 3.05) is 19.8 Å². The Kier molecular flexibility index (Phi) is 6.80. The van der Waals surface area contributed by atoms with Gasteiger partial charge in [0.25, 0.3) is 0 Å². The Balaban J connectivity index is 2.83. The molecule has 0 atom stereocenters. The predicted molar refractivity (Wildman–Crippen MR) is 79.1 cm³/mol. The van der Waals surface area contributed by atoms with Gasteiger partial charge in [0, 0.05) is 19.8 Å². The first-order valence-corrected chi connectivity index (χ1v) is 8.34. The molecule has 1 aromatic rings. The number of nitrogens with one attached hydrogen (secondary N) is 1. The van der Waals surface area contributed by atoms with Gasteiger partial charge in [-0.25, -0.2) is 17.9 Å². The molecule has 0 radical (unpaired) electrons. The average molecular weight is 315 g/mol. The predicted octanol–water partition coefficient (Wildman–Crippen LogP) is 1.65. The second-order valence-electron chi connectivity index (χ2n) is 4.43. The van der Waals surface area contributed by atoms with E-state index in [1.54, 1.807) is 0 Å². The van der Waals surface area contributed by atoms with Gasteiger partial charge in [0.05, 0.1) is 10.5 Å². The molecule has 0 aliphatic rings. The molecule has 1 aromatic carbocycles. The third kappa shape index (κ3) is 5.11. The summed E-state index contributed by atoms with van der Waals surface area (Å²) < 4.78 is 31.7. The Morgan fingerprint density at radius 1 is 1.33 bits per heavy atom. The summed E-state index contributed by atoms with van der Waals surface area (Å²) in [6.07, 6.45) is 1.09. The summed E-state index contributed by atoms with van der Waals surface area (Å²) in [5.74, 6) is -1.12. The average Bonchev–Trinajstić information content (AvgIpc) is 2.46. The number of rotatable bonds is 9. The highest BCUT2D eigenvalue weighted by atomic mass is 32.2. The van der Waals surface area contributed by atoms with Crippen LogP contribution in [0.3, 0.4) is 0 Å². The van der Waals surface area contributed by atoms with Crippen LogP contribution in [0.4, 0.5) is 0 Å². The van der Waals surface area contributed by atoms with Crippen LogP contribution < -0.4 is 4.72 Å². The molecule has 7 heteroatoms. The van der Waals surface area contributed by atoms with Crippen LogP contribution in [-0.4, -0.2) is 39.3 Å². The van der Waals surface area contributed by atoms with Gasteiger partial charge in [-0.15, -0.1) is 0 Å². The number of sulfonamides is 1. The number of ether oxygens (including phenoxy) is 1. The van der Waals surface area contributed by atoms with Crippen molar-refractivity contribution in [2.24, 2.45) is 0 Å². The fourth-order valence-electron chi connectivity index (χ4n) is 1.84. The minimum atomic E-state index is -3.70. The highest BCUT2D eigenvalue weighted by Gasteiger charge is 2.17. The molecule has 6 nitrogen and oxygen atoms in total. The number of benzene rings is 1. The highest BCUT2D eigenvalue weighted by molar-refractivity contribution is 7.89. The monoisotopic (exact) mass is 315 g/mol. The van der Waals surface area contributed by atoms with Crippen LogP contribution in [0.15, 0.2) is 23.1 Å². The summed E-state index contributed by atoms with van der Waals surface area (Å²) in [4.78, 5) is 11.1. The van der Waals surface area contributed by atoms with E-state index in [9.17, 15) is 13.2 Å². The summed E-state index contributed by atoms with van der Waals surface area (Å²) in [6.45, 7) is 5.01. The van der Waals surface area contributed by atoms with E-state index in [2.05, 4.69) is 4.72 Å². The molecule has 0 fully saturated rings. The molecular weight excluding hydrogens is 294 g/mol. The fourth-order valence-corrected chi connectivity index (χ4v) is 2.94. The van der Waals surface area contributed by atoms with Gasteiger partial charge in [0.2, 0.25) is 10.0 Å². The van der Waals surface area contributed by atoms with Crippen molar-refractivity contribution in [1.82, 2.24) is 4.72 Å². The second-order valence-corrected chi connectivity index (χ2v) is 6.19. The highest BCUT2D eigenvalue weighted by Crippen LogP contribution is 2.17. The van der Waals surface area contributed by atoms with Gasteiger partial charge in [-0.3, -0.25) is 0 Å². The second kappa shape index (κ2) is 8.11. The largest absolute Gasteiger partial charge is 0.478 e. The zero-order valence-corrected chi connectivity index (χ0v) is 13.1. The van der Waals surface area contributed by atoms with E-state index < -0.39 is 16.0 Å².